The van der Waals surface area contributed by atoms with Crippen molar-refractivity contribution in [1.29, 1.82) is 0 Å². The van der Waals surface area contributed by atoms with E-state index in [1.807, 2.05) is 23.9 Å². The maximum atomic E-state index is 12.0. The number of rotatable bonds is 4. The van der Waals surface area contributed by atoms with E-state index in [2.05, 4.69) is 15.5 Å². The Morgan fingerprint density at radius 2 is 2.20 bits per heavy atom. The molecule has 1 aliphatic carbocycles. The van der Waals surface area contributed by atoms with E-state index < -0.39 is 0 Å². The van der Waals surface area contributed by atoms with Gasteiger partial charge in [0.25, 0.3) is 0 Å². The third-order valence-corrected chi connectivity index (χ3v) is 3.68. The van der Waals surface area contributed by atoms with E-state index in [1.54, 1.807) is 17.1 Å². The number of anilines is 1. The molecule has 6 heteroatoms. The highest BCUT2D eigenvalue weighted by molar-refractivity contribution is 5.89. The number of carbonyl (C=O) groups excluding carboxylic acids is 1. The van der Waals surface area contributed by atoms with Crippen molar-refractivity contribution in [2.45, 2.75) is 45.2 Å². The molecular weight excluding hydrogens is 254 g/mol. The second kappa shape index (κ2) is 5.48. The highest BCUT2D eigenvalue weighted by Gasteiger charge is 2.20. The predicted molar refractivity (Wildman–Crippen MR) is 75.3 cm³/mol. The largest absolute Gasteiger partial charge is 0.309 e. The standard InChI is InChI=1S/C14H19N5O/c1-11-8-16-18(9-11)10-14(20)17-13-6-7-15-19(13)12-4-2-3-5-12/h6-9,12H,2-5,10H2,1H3,(H,17,20). The lowest BCUT2D eigenvalue weighted by molar-refractivity contribution is -0.117. The van der Waals surface area contributed by atoms with Crippen molar-refractivity contribution in [3.05, 3.63) is 30.2 Å². The van der Waals surface area contributed by atoms with Crippen LogP contribution in [0, 0.1) is 6.92 Å². The molecule has 0 radical (unpaired) electrons. The topological polar surface area (TPSA) is 64.7 Å². The minimum atomic E-state index is -0.0761. The first-order valence-electron chi connectivity index (χ1n) is 7.05. The van der Waals surface area contributed by atoms with E-state index in [9.17, 15) is 4.79 Å². The Balaban J connectivity index is 1.65. The number of amides is 1. The number of carbonyl (C=O) groups is 1. The second-order valence-corrected chi connectivity index (χ2v) is 5.36. The van der Waals surface area contributed by atoms with Crippen molar-refractivity contribution >= 4 is 11.7 Å². The number of hydrogen-bond acceptors (Lipinski definition) is 3. The molecule has 0 atom stereocenters. The van der Waals surface area contributed by atoms with Gasteiger partial charge in [-0.3, -0.25) is 9.48 Å². The molecule has 1 fully saturated rings. The van der Waals surface area contributed by atoms with Gasteiger partial charge < -0.3 is 5.32 Å². The van der Waals surface area contributed by atoms with Crippen molar-refractivity contribution in [1.82, 2.24) is 19.6 Å². The maximum absolute atomic E-state index is 12.0. The zero-order chi connectivity index (χ0) is 13.9. The summed E-state index contributed by atoms with van der Waals surface area (Å²) in [7, 11) is 0. The van der Waals surface area contributed by atoms with Crippen molar-refractivity contribution in [2.24, 2.45) is 0 Å². The molecule has 0 aliphatic heterocycles. The molecule has 0 bridgehead atoms. The molecule has 1 aliphatic rings. The molecule has 0 saturated heterocycles. The molecule has 2 heterocycles. The molecule has 1 saturated carbocycles. The number of hydrogen-bond donors (Lipinski definition) is 1. The van der Waals surface area contributed by atoms with Gasteiger partial charge >= 0.3 is 0 Å². The molecule has 0 aromatic carbocycles. The quantitative estimate of drug-likeness (QED) is 0.928. The monoisotopic (exact) mass is 273 g/mol. The van der Waals surface area contributed by atoms with E-state index in [1.165, 1.54) is 12.8 Å². The van der Waals surface area contributed by atoms with Gasteiger partial charge in [0.05, 0.1) is 18.4 Å². The third kappa shape index (κ3) is 2.74. The van der Waals surface area contributed by atoms with Gasteiger partial charge in [-0.05, 0) is 25.3 Å². The lowest BCUT2D eigenvalue weighted by Crippen LogP contribution is -2.22. The third-order valence-electron chi connectivity index (χ3n) is 3.68. The van der Waals surface area contributed by atoms with Gasteiger partial charge in [-0.1, -0.05) is 12.8 Å². The van der Waals surface area contributed by atoms with Crippen LogP contribution in [0.25, 0.3) is 0 Å². The SMILES string of the molecule is Cc1cnn(CC(=O)Nc2ccnn2C2CCCC2)c1. The summed E-state index contributed by atoms with van der Waals surface area (Å²) >= 11 is 0. The minimum absolute atomic E-state index is 0.0761. The van der Waals surface area contributed by atoms with E-state index in [4.69, 9.17) is 0 Å². The van der Waals surface area contributed by atoms with Gasteiger partial charge in [-0.15, -0.1) is 0 Å². The molecule has 2 aromatic heterocycles. The van der Waals surface area contributed by atoms with Gasteiger partial charge in [-0.2, -0.15) is 10.2 Å². The Kier molecular flexibility index (Phi) is 3.54. The Bertz CT molecular complexity index is 594. The normalized spacial score (nSPS) is 15.7. The van der Waals surface area contributed by atoms with Gasteiger partial charge in [0.1, 0.15) is 12.4 Å². The summed E-state index contributed by atoms with van der Waals surface area (Å²) < 4.78 is 3.58. The van der Waals surface area contributed by atoms with Crippen LogP contribution >= 0.6 is 0 Å². The fourth-order valence-electron chi connectivity index (χ4n) is 2.74. The highest BCUT2D eigenvalue weighted by Crippen LogP contribution is 2.31. The summed E-state index contributed by atoms with van der Waals surface area (Å²) in [4.78, 5) is 12.0. The Morgan fingerprint density at radius 3 is 2.90 bits per heavy atom. The van der Waals surface area contributed by atoms with E-state index in [0.717, 1.165) is 24.2 Å². The maximum Gasteiger partial charge on any atom is 0.247 e. The summed E-state index contributed by atoms with van der Waals surface area (Å²) in [6.45, 7) is 2.18. The number of nitrogens with one attached hydrogen (secondary N) is 1. The Labute approximate surface area is 117 Å². The summed E-state index contributed by atoms with van der Waals surface area (Å²) in [5.74, 6) is 0.707. The van der Waals surface area contributed by atoms with E-state index in [0.29, 0.717) is 6.04 Å². The lowest BCUT2D eigenvalue weighted by atomic mass is 10.2. The predicted octanol–water partition coefficient (Wildman–Crippen LogP) is 2.14. The second-order valence-electron chi connectivity index (χ2n) is 5.36. The van der Waals surface area contributed by atoms with Crippen LogP contribution in [-0.4, -0.2) is 25.5 Å². The first-order chi connectivity index (χ1) is 9.72. The molecule has 1 N–H and O–H groups in total. The summed E-state index contributed by atoms with van der Waals surface area (Å²) in [5, 5.41) is 11.4. The van der Waals surface area contributed by atoms with E-state index in [-0.39, 0.29) is 12.5 Å². The molecule has 6 nitrogen and oxygen atoms in total. The van der Waals surface area contributed by atoms with E-state index >= 15 is 0 Å². The van der Waals surface area contributed by atoms with Crippen LogP contribution < -0.4 is 5.32 Å². The van der Waals surface area contributed by atoms with Crippen molar-refractivity contribution in [3.8, 4) is 0 Å². The van der Waals surface area contributed by atoms with Crippen LogP contribution in [0.15, 0.2) is 24.7 Å². The molecule has 106 valence electrons. The average Bonchev–Trinajstić information content (AvgIpc) is 3.10. The molecule has 20 heavy (non-hydrogen) atoms. The minimum Gasteiger partial charge on any atom is -0.309 e. The smallest absolute Gasteiger partial charge is 0.247 e. The van der Waals surface area contributed by atoms with Crippen molar-refractivity contribution in [2.75, 3.05) is 5.32 Å². The summed E-state index contributed by atoms with van der Waals surface area (Å²) in [6, 6.07) is 2.28. The van der Waals surface area contributed by atoms with Gasteiger partial charge in [0.15, 0.2) is 0 Å². The van der Waals surface area contributed by atoms with Crippen molar-refractivity contribution in [3.63, 3.8) is 0 Å². The van der Waals surface area contributed by atoms with Crippen LogP contribution in [0.3, 0.4) is 0 Å². The zero-order valence-electron chi connectivity index (χ0n) is 11.6. The lowest BCUT2D eigenvalue weighted by Gasteiger charge is -2.14. The van der Waals surface area contributed by atoms with Crippen LogP contribution in [0.5, 0.6) is 0 Å². The molecule has 3 rings (SSSR count). The number of nitrogens with zero attached hydrogens (tertiary/aromatic N) is 4. The Hall–Kier alpha value is -2.11. The number of aryl methyl sites for hydroxylation is 1. The van der Waals surface area contributed by atoms with Crippen LogP contribution in [-0.2, 0) is 11.3 Å². The zero-order valence-corrected chi connectivity index (χ0v) is 11.6. The first kappa shape index (κ1) is 12.9. The molecule has 0 unspecified atom stereocenters. The fraction of sp³-hybridized carbons (Fsp3) is 0.500. The fourth-order valence-corrected chi connectivity index (χ4v) is 2.74. The van der Waals surface area contributed by atoms with Crippen LogP contribution in [0.2, 0.25) is 0 Å². The van der Waals surface area contributed by atoms with Gasteiger partial charge in [0.2, 0.25) is 5.91 Å². The molecule has 1 amide bonds. The molecule has 2 aromatic rings. The first-order valence-corrected chi connectivity index (χ1v) is 7.05. The number of aromatic nitrogens is 4. The summed E-state index contributed by atoms with van der Waals surface area (Å²) in [5.41, 5.74) is 1.05. The van der Waals surface area contributed by atoms with Crippen LogP contribution in [0.4, 0.5) is 5.82 Å². The summed E-state index contributed by atoms with van der Waals surface area (Å²) in [6.07, 6.45) is 10.1. The van der Waals surface area contributed by atoms with Gasteiger partial charge in [0, 0.05) is 12.3 Å². The molecular formula is C14H19N5O. The highest BCUT2D eigenvalue weighted by atomic mass is 16.2. The molecule has 0 spiro atoms. The Morgan fingerprint density at radius 1 is 1.40 bits per heavy atom. The van der Waals surface area contributed by atoms with Gasteiger partial charge in [-0.25, -0.2) is 4.68 Å². The average molecular weight is 273 g/mol. The van der Waals surface area contributed by atoms with Crippen molar-refractivity contribution < 1.29 is 4.79 Å². The van der Waals surface area contributed by atoms with Crippen LogP contribution in [0.1, 0.15) is 37.3 Å².